The number of nitrogens with one attached hydrogen (secondary N) is 1. The molecule has 2 aromatic carbocycles. The summed E-state index contributed by atoms with van der Waals surface area (Å²) in [6.07, 6.45) is 1.92. The van der Waals surface area contributed by atoms with Crippen molar-refractivity contribution in [2.45, 2.75) is 26.9 Å². The molecule has 0 aliphatic heterocycles. The summed E-state index contributed by atoms with van der Waals surface area (Å²) in [5, 5.41) is 16.1. The number of carbonyl (C=O) groups is 2. The number of ether oxygens (including phenoxy) is 1. The second-order valence-corrected chi connectivity index (χ2v) is 6.93. The zero-order valence-electron chi connectivity index (χ0n) is 17.5. The third kappa shape index (κ3) is 5.25. The first-order valence-corrected chi connectivity index (χ1v) is 9.70. The summed E-state index contributed by atoms with van der Waals surface area (Å²) in [4.78, 5) is 24.5. The number of amides is 1. The SMILES string of the molecule is Cc1nn(-c2ccccc2)c(C)c1/C=C/C(=O)OC(C)C(=O)Nc1cccc(C#N)c1. The van der Waals surface area contributed by atoms with Crippen LogP contribution in [-0.4, -0.2) is 27.8 Å². The minimum Gasteiger partial charge on any atom is -0.449 e. The van der Waals surface area contributed by atoms with Crippen molar-refractivity contribution in [2.75, 3.05) is 5.32 Å². The molecule has 0 saturated carbocycles. The molecule has 3 aromatic rings. The van der Waals surface area contributed by atoms with E-state index in [2.05, 4.69) is 10.4 Å². The van der Waals surface area contributed by atoms with E-state index in [1.807, 2.05) is 54.9 Å². The maximum atomic E-state index is 12.3. The van der Waals surface area contributed by atoms with Crippen molar-refractivity contribution in [1.29, 1.82) is 5.26 Å². The normalized spacial score (nSPS) is 11.7. The zero-order chi connectivity index (χ0) is 22.4. The van der Waals surface area contributed by atoms with Gasteiger partial charge in [-0.05, 0) is 57.2 Å². The number of carbonyl (C=O) groups excluding carboxylic acids is 2. The van der Waals surface area contributed by atoms with Gasteiger partial charge in [-0.1, -0.05) is 24.3 Å². The summed E-state index contributed by atoms with van der Waals surface area (Å²) in [6.45, 7) is 5.27. The molecule has 1 amide bonds. The highest BCUT2D eigenvalue weighted by Gasteiger charge is 2.17. The predicted octanol–water partition coefficient (Wildman–Crippen LogP) is 3.94. The summed E-state index contributed by atoms with van der Waals surface area (Å²) in [6, 6.07) is 18.2. The van der Waals surface area contributed by atoms with Crippen LogP contribution >= 0.6 is 0 Å². The number of aromatic nitrogens is 2. The van der Waals surface area contributed by atoms with E-state index in [9.17, 15) is 9.59 Å². The smallest absolute Gasteiger partial charge is 0.331 e. The van der Waals surface area contributed by atoms with E-state index in [0.29, 0.717) is 11.3 Å². The van der Waals surface area contributed by atoms with E-state index in [-0.39, 0.29) is 0 Å². The number of anilines is 1. The molecule has 1 heterocycles. The third-order valence-electron chi connectivity index (χ3n) is 4.66. The first-order chi connectivity index (χ1) is 14.9. The molecular weight excluding hydrogens is 392 g/mol. The molecule has 1 unspecified atom stereocenters. The Morgan fingerprint density at radius 1 is 1.16 bits per heavy atom. The number of benzene rings is 2. The second-order valence-electron chi connectivity index (χ2n) is 6.93. The molecule has 3 rings (SSSR count). The maximum Gasteiger partial charge on any atom is 0.331 e. The van der Waals surface area contributed by atoms with Gasteiger partial charge in [0.2, 0.25) is 0 Å². The number of hydrogen-bond donors (Lipinski definition) is 1. The molecule has 1 aromatic heterocycles. The van der Waals surface area contributed by atoms with Gasteiger partial charge in [0.1, 0.15) is 0 Å². The lowest BCUT2D eigenvalue weighted by molar-refractivity contribution is -0.148. The monoisotopic (exact) mass is 414 g/mol. The molecule has 0 fully saturated rings. The van der Waals surface area contributed by atoms with E-state index in [1.54, 1.807) is 30.3 Å². The highest BCUT2D eigenvalue weighted by Crippen LogP contribution is 2.19. The van der Waals surface area contributed by atoms with Crippen LogP contribution < -0.4 is 5.32 Å². The van der Waals surface area contributed by atoms with E-state index in [0.717, 1.165) is 22.6 Å². The Balaban J connectivity index is 1.64. The van der Waals surface area contributed by atoms with Crippen molar-refractivity contribution >= 4 is 23.6 Å². The zero-order valence-corrected chi connectivity index (χ0v) is 17.5. The van der Waals surface area contributed by atoms with Gasteiger partial charge in [-0.25, -0.2) is 9.48 Å². The van der Waals surface area contributed by atoms with Crippen LogP contribution in [0.25, 0.3) is 11.8 Å². The van der Waals surface area contributed by atoms with Gasteiger partial charge < -0.3 is 10.1 Å². The molecule has 7 heteroatoms. The van der Waals surface area contributed by atoms with Gasteiger partial charge in [-0.15, -0.1) is 0 Å². The van der Waals surface area contributed by atoms with Crippen molar-refractivity contribution in [3.63, 3.8) is 0 Å². The lowest BCUT2D eigenvalue weighted by atomic mass is 10.2. The quantitative estimate of drug-likeness (QED) is 0.487. The topological polar surface area (TPSA) is 97.0 Å². The Labute approximate surface area is 180 Å². The van der Waals surface area contributed by atoms with Crippen molar-refractivity contribution in [2.24, 2.45) is 0 Å². The van der Waals surface area contributed by atoms with Crippen LogP contribution in [0.5, 0.6) is 0 Å². The third-order valence-corrected chi connectivity index (χ3v) is 4.66. The van der Waals surface area contributed by atoms with Gasteiger partial charge >= 0.3 is 5.97 Å². The molecule has 0 radical (unpaired) electrons. The van der Waals surface area contributed by atoms with Gasteiger partial charge in [-0.2, -0.15) is 10.4 Å². The van der Waals surface area contributed by atoms with Crippen LogP contribution in [0.15, 0.2) is 60.7 Å². The van der Waals surface area contributed by atoms with Gasteiger partial charge in [0.15, 0.2) is 6.10 Å². The van der Waals surface area contributed by atoms with E-state index >= 15 is 0 Å². The van der Waals surface area contributed by atoms with E-state index < -0.39 is 18.0 Å². The average molecular weight is 414 g/mol. The predicted molar refractivity (Wildman–Crippen MR) is 117 cm³/mol. The first-order valence-electron chi connectivity index (χ1n) is 9.70. The molecule has 0 bridgehead atoms. The summed E-state index contributed by atoms with van der Waals surface area (Å²) in [7, 11) is 0. The highest BCUT2D eigenvalue weighted by molar-refractivity contribution is 5.96. The molecule has 0 aliphatic carbocycles. The number of para-hydroxylation sites is 1. The minimum absolute atomic E-state index is 0.423. The summed E-state index contributed by atoms with van der Waals surface area (Å²) in [5.74, 6) is -1.12. The summed E-state index contributed by atoms with van der Waals surface area (Å²) >= 11 is 0. The van der Waals surface area contributed by atoms with Crippen molar-refractivity contribution < 1.29 is 14.3 Å². The fourth-order valence-corrected chi connectivity index (χ4v) is 3.05. The number of hydrogen-bond acceptors (Lipinski definition) is 5. The fraction of sp³-hybridized carbons (Fsp3) is 0.167. The van der Waals surface area contributed by atoms with Crippen LogP contribution in [0.2, 0.25) is 0 Å². The van der Waals surface area contributed by atoms with Gasteiger partial charge in [0.05, 0.1) is 23.0 Å². The van der Waals surface area contributed by atoms with Crippen LogP contribution in [0.1, 0.15) is 29.4 Å². The number of esters is 1. The van der Waals surface area contributed by atoms with Crippen LogP contribution in [0.4, 0.5) is 5.69 Å². The molecule has 0 spiro atoms. The van der Waals surface area contributed by atoms with Crippen molar-refractivity contribution in [1.82, 2.24) is 9.78 Å². The number of nitriles is 1. The van der Waals surface area contributed by atoms with Gasteiger partial charge in [0.25, 0.3) is 5.91 Å². The molecule has 156 valence electrons. The highest BCUT2D eigenvalue weighted by atomic mass is 16.5. The van der Waals surface area contributed by atoms with Crippen LogP contribution in [0, 0.1) is 25.2 Å². The number of nitrogens with zero attached hydrogens (tertiary/aromatic N) is 3. The lowest BCUT2D eigenvalue weighted by Gasteiger charge is -2.12. The van der Waals surface area contributed by atoms with Crippen LogP contribution in [-0.2, 0) is 14.3 Å². The molecule has 0 aliphatic rings. The maximum absolute atomic E-state index is 12.3. The van der Waals surface area contributed by atoms with E-state index in [1.165, 1.54) is 13.0 Å². The standard InChI is InChI=1S/C24H22N4O3/c1-16-22(17(2)28(27-16)21-10-5-4-6-11-21)12-13-23(29)31-18(3)24(30)26-20-9-7-8-19(14-20)15-25/h4-14,18H,1-3H3,(H,26,30)/b13-12+. The molecule has 7 nitrogen and oxygen atoms in total. The molecule has 1 N–H and O–H groups in total. The Kier molecular flexibility index (Phi) is 6.63. The Bertz CT molecular complexity index is 1170. The molecule has 0 saturated heterocycles. The molecular formula is C24H22N4O3. The molecule has 31 heavy (non-hydrogen) atoms. The van der Waals surface area contributed by atoms with Gasteiger partial charge in [-0.3, -0.25) is 4.79 Å². The minimum atomic E-state index is -1.00. The van der Waals surface area contributed by atoms with Gasteiger partial charge in [0, 0.05) is 23.0 Å². The Morgan fingerprint density at radius 2 is 1.90 bits per heavy atom. The molecule has 1 atom stereocenters. The van der Waals surface area contributed by atoms with Crippen molar-refractivity contribution in [3.8, 4) is 11.8 Å². The number of aryl methyl sites for hydroxylation is 1. The van der Waals surface area contributed by atoms with Crippen LogP contribution in [0.3, 0.4) is 0 Å². The summed E-state index contributed by atoms with van der Waals surface area (Å²) < 4.78 is 7.02. The Hall–Kier alpha value is -4.18. The van der Waals surface area contributed by atoms with Crippen molar-refractivity contribution in [3.05, 3.63) is 83.2 Å². The fourth-order valence-electron chi connectivity index (χ4n) is 3.05. The lowest BCUT2D eigenvalue weighted by Crippen LogP contribution is -2.29. The first kappa shape index (κ1) is 21.5. The second kappa shape index (κ2) is 9.55. The number of rotatable bonds is 6. The van der Waals surface area contributed by atoms with E-state index in [4.69, 9.17) is 10.00 Å². The largest absolute Gasteiger partial charge is 0.449 e. The average Bonchev–Trinajstić information content (AvgIpc) is 3.06. The summed E-state index contributed by atoms with van der Waals surface area (Å²) in [5.41, 5.74) is 4.28. The Morgan fingerprint density at radius 3 is 2.61 bits per heavy atom.